The maximum atomic E-state index is 4.31. The van der Waals surface area contributed by atoms with E-state index in [2.05, 4.69) is 48.5 Å². The van der Waals surface area contributed by atoms with Gasteiger partial charge in [0.2, 0.25) is 0 Å². The topological polar surface area (TPSA) is 29.9 Å². The fourth-order valence-corrected chi connectivity index (χ4v) is 1.82. The second kappa shape index (κ2) is 5.04. The van der Waals surface area contributed by atoms with E-state index >= 15 is 0 Å². The fourth-order valence-electron chi connectivity index (χ4n) is 1.82. The number of hydrogen-bond acceptors (Lipinski definition) is 2. The Balaban J connectivity index is 2.15. The highest BCUT2D eigenvalue weighted by Gasteiger charge is 2.02. The van der Waals surface area contributed by atoms with Gasteiger partial charge in [0, 0.05) is 13.2 Å². The molecule has 3 nitrogen and oxygen atoms in total. The molecule has 0 atom stereocenters. The predicted octanol–water partition coefficient (Wildman–Crippen LogP) is 3.10. The highest BCUT2D eigenvalue weighted by molar-refractivity contribution is 5.37. The summed E-state index contributed by atoms with van der Waals surface area (Å²) >= 11 is 0. The van der Waals surface area contributed by atoms with Crippen LogP contribution in [0.4, 0.5) is 5.69 Å². The summed E-state index contributed by atoms with van der Waals surface area (Å²) in [7, 11) is 1.90. The molecule has 0 amide bonds. The molecule has 0 aliphatic heterocycles. The monoisotopic (exact) mass is 229 g/mol. The Kier molecular flexibility index (Phi) is 3.47. The van der Waals surface area contributed by atoms with Crippen LogP contribution in [0.2, 0.25) is 0 Å². The summed E-state index contributed by atoms with van der Waals surface area (Å²) in [5.41, 5.74) is 3.72. The Hall–Kier alpha value is -1.77. The van der Waals surface area contributed by atoms with Gasteiger partial charge in [-0.3, -0.25) is 4.68 Å². The zero-order valence-electron chi connectivity index (χ0n) is 10.6. The van der Waals surface area contributed by atoms with Crippen molar-refractivity contribution in [3.63, 3.8) is 0 Å². The number of aromatic nitrogens is 2. The zero-order chi connectivity index (χ0) is 12.3. The van der Waals surface area contributed by atoms with Gasteiger partial charge < -0.3 is 5.32 Å². The minimum atomic E-state index is 0.570. The molecule has 1 aromatic carbocycles. The van der Waals surface area contributed by atoms with E-state index in [1.54, 1.807) is 0 Å². The van der Waals surface area contributed by atoms with Crippen LogP contribution in [-0.2, 0) is 6.54 Å². The number of benzene rings is 1. The number of rotatable bonds is 4. The normalized spacial score (nSPS) is 10.8. The van der Waals surface area contributed by atoms with Crippen LogP contribution in [0.5, 0.6) is 0 Å². The number of nitrogens with one attached hydrogen (secondary N) is 1. The second-order valence-corrected chi connectivity index (χ2v) is 4.58. The quantitative estimate of drug-likeness (QED) is 0.873. The molecule has 17 heavy (non-hydrogen) atoms. The third-order valence-electron chi connectivity index (χ3n) is 2.88. The van der Waals surface area contributed by atoms with Gasteiger partial charge in [0.15, 0.2) is 0 Å². The van der Waals surface area contributed by atoms with Gasteiger partial charge in [0.05, 0.1) is 18.4 Å². The lowest BCUT2D eigenvalue weighted by Crippen LogP contribution is -2.01. The van der Waals surface area contributed by atoms with Crippen molar-refractivity contribution in [1.29, 1.82) is 0 Å². The van der Waals surface area contributed by atoms with Crippen LogP contribution >= 0.6 is 0 Å². The summed E-state index contributed by atoms with van der Waals surface area (Å²) in [6, 6.07) is 8.70. The van der Waals surface area contributed by atoms with Gasteiger partial charge in [-0.05, 0) is 17.0 Å². The van der Waals surface area contributed by atoms with Crippen molar-refractivity contribution in [2.45, 2.75) is 26.3 Å². The molecule has 0 spiro atoms. The second-order valence-electron chi connectivity index (χ2n) is 4.58. The molecule has 0 saturated heterocycles. The minimum absolute atomic E-state index is 0.570. The Morgan fingerprint density at radius 3 is 2.82 bits per heavy atom. The molecule has 1 N–H and O–H groups in total. The van der Waals surface area contributed by atoms with Gasteiger partial charge in [-0.2, -0.15) is 5.10 Å². The average molecular weight is 229 g/mol. The van der Waals surface area contributed by atoms with Crippen molar-refractivity contribution in [2.24, 2.45) is 0 Å². The molecule has 90 valence electrons. The molecule has 1 aromatic heterocycles. The predicted molar refractivity (Wildman–Crippen MR) is 71.4 cm³/mol. The smallest absolute Gasteiger partial charge is 0.0724 e. The summed E-state index contributed by atoms with van der Waals surface area (Å²) in [5.74, 6) is 0.570. The van der Waals surface area contributed by atoms with Crippen LogP contribution in [0, 0.1) is 0 Å². The Morgan fingerprint density at radius 2 is 2.18 bits per heavy atom. The van der Waals surface area contributed by atoms with Gasteiger partial charge >= 0.3 is 0 Å². The van der Waals surface area contributed by atoms with Crippen molar-refractivity contribution < 1.29 is 0 Å². The van der Waals surface area contributed by atoms with E-state index in [0.29, 0.717) is 5.92 Å². The van der Waals surface area contributed by atoms with Crippen molar-refractivity contribution in [2.75, 3.05) is 12.4 Å². The van der Waals surface area contributed by atoms with E-state index in [4.69, 9.17) is 0 Å². The Morgan fingerprint density at radius 1 is 1.35 bits per heavy atom. The summed E-state index contributed by atoms with van der Waals surface area (Å²) in [6.07, 6.45) is 3.86. The van der Waals surface area contributed by atoms with Crippen molar-refractivity contribution in [3.8, 4) is 0 Å². The molecule has 0 bridgehead atoms. The SMILES string of the molecule is CNc1cnn(Cc2cccc(C(C)C)c2)c1. The number of anilines is 1. The van der Waals surface area contributed by atoms with Gasteiger partial charge in [-0.15, -0.1) is 0 Å². The fraction of sp³-hybridized carbons (Fsp3) is 0.357. The van der Waals surface area contributed by atoms with Gasteiger partial charge in [-0.1, -0.05) is 38.1 Å². The van der Waals surface area contributed by atoms with E-state index in [-0.39, 0.29) is 0 Å². The lowest BCUT2D eigenvalue weighted by atomic mass is 10.0. The summed E-state index contributed by atoms with van der Waals surface area (Å²) < 4.78 is 1.95. The van der Waals surface area contributed by atoms with Crippen LogP contribution in [0.15, 0.2) is 36.7 Å². The molecule has 2 rings (SSSR count). The molecule has 0 aliphatic carbocycles. The first-order valence-corrected chi connectivity index (χ1v) is 5.98. The first kappa shape index (κ1) is 11.7. The van der Waals surface area contributed by atoms with Crippen LogP contribution in [0.1, 0.15) is 30.9 Å². The van der Waals surface area contributed by atoms with Crippen LogP contribution in [-0.4, -0.2) is 16.8 Å². The maximum absolute atomic E-state index is 4.31. The van der Waals surface area contributed by atoms with Crippen LogP contribution in [0.25, 0.3) is 0 Å². The summed E-state index contributed by atoms with van der Waals surface area (Å²) in [6.45, 7) is 5.25. The molecule has 1 heterocycles. The van der Waals surface area contributed by atoms with Gasteiger partial charge in [0.25, 0.3) is 0 Å². The third kappa shape index (κ3) is 2.87. The van der Waals surface area contributed by atoms with Crippen LogP contribution in [0.3, 0.4) is 0 Å². The van der Waals surface area contributed by atoms with Gasteiger partial charge in [-0.25, -0.2) is 0 Å². The molecule has 3 heteroatoms. The van der Waals surface area contributed by atoms with Crippen LogP contribution < -0.4 is 5.32 Å². The molecule has 0 aliphatic rings. The Labute approximate surface area is 102 Å². The van der Waals surface area contributed by atoms with E-state index in [0.717, 1.165) is 12.2 Å². The molecule has 0 saturated carbocycles. The molecule has 0 fully saturated rings. The van der Waals surface area contributed by atoms with Crippen molar-refractivity contribution in [1.82, 2.24) is 9.78 Å². The Bertz CT molecular complexity index is 486. The summed E-state index contributed by atoms with van der Waals surface area (Å²) in [4.78, 5) is 0. The largest absolute Gasteiger partial charge is 0.386 e. The average Bonchev–Trinajstić information content (AvgIpc) is 2.77. The van der Waals surface area contributed by atoms with Crippen molar-refractivity contribution >= 4 is 5.69 Å². The van der Waals surface area contributed by atoms with E-state index < -0.39 is 0 Å². The van der Waals surface area contributed by atoms with Crippen molar-refractivity contribution in [3.05, 3.63) is 47.8 Å². The number of nitrogens with zero attached hydrogens (tertiary/aromatic N) is 2. The molecule has 0 radical (unpaired) electrons. The lowest BCUT2D eigenvalue weighted by molar-refractivity contribution is 0.685. The lowest BCUT2D eigenvalue weighted by Gasteiger charge is -2.08. The minimum Gasteiger partial charge on any atom is -0.386 e. The van der Waals surface area contributed by atoms with E-state index in [9.17, 15) is 0 Å². The van der Waals surface area contributed by atoms with E-state index in [1.807, 2.05) is 24.1 Å². The first-order valence-electron chi connectivity index (χ1n) is 5.98. The zero-order valence-corrected chi connectivity index (χ0v) is 10.6. The van der Waals surface area contributed by atoms with E-state index in [1.165, 1.54) is 11.1 Å². The molecule has 0 unspecified atom stereocenters. The summed E-state index contributed by atoms with van der Waals surface area (Å²) in [5, 5.41) is 7.39. The molecular formula is C14H19N3. The maximum Gasteiger partial charge on any atom is 0.0724 e. The highest BCUT2D eigenvalue weighted by atomic mass is 15.3. The molecular weight excluding hydrogens is 210 g/mol. The van der Waals surface area contributed by atoms with Gasteiger partial charge in [0.1, 0.15) is 0 Å². The molecule has 2 aromatic rings. The standard InChI is InChI=1S/C14H19N3/c1-11(2)13-6-4-5-12(7-13)9-17-10-14(15-3)8-16-17/h4-8,10-11,15H,9H2,1-3H3. The highest BCUT2D eigenvalue weighted by Crippen LogP contribution is 2.16. The number of hydrogen-bond donors (Lipinski definition) is 1. The third-order valence-corrected chi connectivity index (χ3v) is 2.88. The first-order chi connectivity index (χ1) is 8.19.